The summed E-state index contributed by atoms with van der Waals surface area (Å²) in [5, 5.41) is 0. The third-order valence-electron chi connectivity index (χ3n) is 5.68. The van der Waals surface area contributed by atoms with Crippen molar-refractivity contribution in [2.24, 2.45) is 0 Å². The minimum atomic E-state index is 0.770. The van der Waals surface area contributed by atoms with Gasteiger partial charge in [0.25, 0.3) is 0 Å². The Hall–Kier alpha value is -2.83. The molecule has 0 radical (unpaired) electrons. The highest BCUT2D eigenvalue weighted by molar-refractivity contribution is 7.95. The van der Waals surface area contributed by atoms with Gasteiger partial charge in [-0.1, -0.05) is 23.8 Å². The predicted molar refractivity (Wildman–Crippen MR) is 131 cm³/mol. The van der Waals surface area contributed by atoms with Crippen LogP contribution in [0.4, 0.5) is 5.69 Å². The first-order valence-electron chi connectivity index (χ1n) is 10.8. The summed E-state index contributed by atoms with van der Waals surface area (Å²) in [4.78, 5) is 6.03. The fourth-order valence-corrected chi connectivity index (χ4v) is 4.35. The van der Waals surface area contributed by atoms with Crippen molar-refractivity contribution in [3.05, 3.63) is 77.9 Å². The van der Waals surface area contributed by atoms with Crippen molar-refractivity contribution in [2.75, 3.05) is 45.3 Å². The van der Waals surface area contributed by atoms with Gasteiger partial charge in [0.1, 0.15) is 5.75 Å². The molecule has 32 heavy (non-hydrogen) atoms. The molecule has 4 rings (SSSR count). The third kappa shape index (κ3) is 5.69. The Kier molecular flexibility index (Phi) is 7.45. The van der Waals surface area contributed by atoms with Gasteiger partial charge >= 0.3 is 0 Å². The molecule has 0 unspecified atom stereocenters. The Morgan fingerprint density at radius 2 is 1.47 bits per heavy atom. The number of piperazine rings is 1. The lowest BCUT2D eigenvalue weighted by Crippen LogP contribution is -2.45. The summed E-state index contributed by atoms with van der Waals surface area (Å²) in [7, 11) is 3.35. The van der Waals surface area contributed by atoms with E-state index in [1.165, 1.54) is 28.9 Å². The second-order valence-corrected chi connectivity index (χ2v) is 8.73. The van der Waals surface area contributed by atoms with Gasteiger partial charge in [-0.05, 0) is 61.0 Å². The highest BCUT2D eigenvalue weighted by atomic mass is 32.2. The smallest absolute Gasteiger partial charge is 0.161 e. The van der Waals surface area contributed by atoms with Crippen LogP contribution in [0.15, 0.2) is 71.6 Å². The minimum Gasteiger partial charge on any atom is -0.493 e. The summed E-state index contributed by atoms with van der Waals surface area (Å²) >= 11 is 1.40. The number of methoxy groups -OCH3 is 2. The van der Waals surface area contributed by atoms with E-state index in [0.717, 1.165) is 54.9 Å². The molecule has 1 heterocycles. The lowest BCUT2D eigenvalue weighted by atomic mass is 10.1. The first kappa shape index (κ1) is 22.4. The van der Waals surface area contributed by atoms with Gasteiger partial charge in [-0.25, -0.2) is 0 Å². The van der Waals surface area contributed by atoms with Gasteiger partial charge in [-0.15, -0.1) is 0 Å². The number of ether oxygens (including phenoxy) is 2. The lowest BCUT2D eigenvalue weighted by molar-refractivity contribution is 0.249. The maximum atomic E-state index is 5.81. The van der Waals surface area contributed by atoms with Crippen molar-refractivity contribution in [3.8, 4) is 17.2 Å². The summed E-state index contributed by atoms with van der Waals surface area (Å²) in [6, 6.07) is 22.9. The number of rotatable bonds is 8. The molecule has 1 aliphatic heterocycles. The molecule has 3 aromatic carbocycles. The Bertz CT molecular complexity index is 1000. The molecule has 0 bridgehead atoms. The molecule has 1 saturated heterocycles. The number of anilines is 1. The zero-order chi connectivity index (χ0) is 22.3. The SMILES string of the molecule is COc1ccc(CN2CCN(c3ccc(SOc4ccc(C)cc4)cc3)CC2)cc1OC. The topological polar surface area (TPSA) is 34.2 Å². The van der Waals surface area contributed by atoms with Gasteiger partial charge in [-0.3, -0.25) is 4.90 Å². The van der Waals surface area contributed by atoms with Crippen LogP contribution in [0.3, 0.4) is 0 Å². The largest absolute Gasteiger partial charge is 0.493 e. The number of hydrogen-bond donors (Lipinski definition) is 0. The van der Waals surface area contributed by atoms with E-state index in [1.54, 1.807) is 14.2 Å². The van der Waals surface area contributed by atoms with E-state index >= 15 is 0 Å². The molecule has 168 valence electrons. The molecule has 5 nitrogen and oxygen atoms in total. The molecule has 0 spiro atoms. The van der Waals surface area contributed by atoms with E-state index in [1.807, 2.05) is 18.2 Å². The van der Waals surface area contributed by atoms with E-state index in [2.05, 4.69) is 65.3 Å². The first-order chi connectivity index (χ1) is 15.6. The Balaban J connectivity index is 1.27. The van der Waals surface area contributed by atoms with Crippen molar-refractivity contribution >= 4 is 17.7 Å². The van der Waals surface area contributed by atoms with Crippen molar-refractivity contribution in [2.45, 2.75) is 18.4 Å². The monoisotopic (exact) mass is 450 g/mol. The zero-order valence-electron chi connectivity index (χ0n) is 18.9. The molecule has 3 aromatic rings. The molecule has 1 fully saturated rings. The van der Waals surface area contributed by atoms with Crippen LogP contribution >= 0.6 is 12.0 Å². The lowest BCUT2D eigenvalue weighted by Gasteiger charge is -2.36. The van der Waals surface area contributed by atoms with E-state index in [9.17, 15) is 0 Å². The average Bonchev–Trinajstić information content (AvgIpc) is 2.84. The van der Waals surface area contributed by atoms with Crippen molar-refractivity contribution < 1.29 is 13.7 Å². The Labute approximate surface area is 195 Å². The van der Waals surface area contributed by atoms with E-state index in [4.69, 9.17) is 13.7 Å². The van der Waals surface area contributed by atoms with Gasteiger partial charge in [0.15, 0.2) is 11.5 Å². The second-order valence-electron chi connectivity index (χ2n) is 7.93. The van der Waals surface area contributed by atoms with Crippen LogP contribution in [0.5, 0.6) is 17.2 Å². The highest BCUT2D eigenvalue weighted by Crippen LogP contribution is 2.29. The fourth-order valence-electron chi connectivity index (χ4n) is 3.80. The van der Waals surface area contributed by atoms with Crippen molar-refractivity contribution in [1.29, 1.82) is 0 Å². The fraction of sp³-hybridized carbons (Fsp3) is 0.308. The van der Waals surface area contributed by atoms with Gasteiger partial charge in [0.05, 0.1) is 26.3 Å². The summed E-state index contributed by atoms with van der Waals surface area (Å²) in [6.45, 7) is 7.08. The number of benzene rings is 3. The van der Waals surface area contributed by atoms with Crippen molar-refractivity contribution in [1.82, 2.24) is 4.90 Å². The molecular formula is C26H30N2O3S. The molecule has 0 saturated carbocycles. The molecule has 0 atom stereocenters. The third-order valence-corrected chi connectivity index (χ3v) is 6.42. The Morgan fingerprint density at radius 1 is 0.781 bits per heavy atom. The molecule has 0 amide bonds. The summed E-state index contributed by atoms with van der Waals surface area (Å²) in [5.74, 6) is 2.43. The summed E-state index contributed by atoms with van der Waals surface area (Å²) < 4.78 is 16.6. The Morgan fingerprint density at radius 3 is 2.12 bits per heavy atom. The average molecular weight is 451 g/mol. The van der Waals surface area contributed by atoms with Crippen LogP contribution < -0.4 is 18.6 Å². The van der Waals surface area contributed by atoms with Gasteiger partial charge in [0.2, 0.25) is 0 Å². The predicted octanol–water partition coefficient (Wildman–Crippen LogP) is 5.42. The van der Waals surface area contributed by atoms with Crippen LogP contribution in [-0.2, 0) is 6.54 Å². The van der Waals surface area contributed by atoms with Crippen LogP contribution in [0.1, 0.15) is 11.1 Å². The molecular weight excluding hydrogens is 420 g/mol. The molecule has 1 aliphatic rings. The zero-order valence-corrected chi connectivity index (χ0v) is 19.7. The van der Waals surface area contributed by atoms with Gasteiger partial charge < -0.3 is 18.6 Å². The van der Waals surface area contributed by atoms with E-state index < -0.39 is 0 Å². The van der Waals surface area contributed by atoms with E-state index in [-0.39, 0.29) is 0 Å². The summed E-state index contributed by atoms with van der Waals surface area (Å²) in [5.41, 5.74) is 3.73. The normalized spacial score (nSPS) is 14.3. The quantitative estimate of drug-likeness (QED) is 0.426. The number of hydrogen-bond acceptors (Lipinski definition) is 6. The van der Waals surface area contributed by atoms with Crippen molar-refractivity contribution in [3.63, 3.8) is 0 Å². The molecule has 0 N–H and O–H groups in total. The van der Waals surface area contributed by atoms with Crippen LogP contribution in [0.2, 0.25) is 0 Å². The van der Waals surface area contributed by atoms with Crippen LogP contribution in [0, 0.1) is 6.92 Å². The van der Waals surface area contributed by atoms with Gasteiger partial charge in [-0.2, -0.15) is 0 Å². The van der Waals surface area contributed by atoms with Crippen LogP contribution in [-0.4, -0.2) is 45.3 Å². The highest BCUT2D eigenvalue weighted by Gasteiger charge is 2.18. The standard InChI is InChI=1S/C26H30N2O3S/c1-20-4-9-23(10-5-20)31-32-24-11-7-22(8-12-24)28-16-14-27(15-17-28)19-21-6-13-25(29-2)26(18-21)30-3/h4-13,18H,14-17,19H2,1-3H3. The minimum absolute atomic E-state index is 0.770. The second kappa shape index (κ2) is 10.7. The maximum absolute atomic E-state index is 5.81. The first-order valence-corrected chi connectivity index (χ1v) is 11.6. The molecule has 6 heteroatoms. The van der Waals surface area contributed by atoms with E-state index in [0.29, 0.717) is 0 Å². The molecule has 0 aliphatic carbocycles. The number of aryl methyl sites for hydroxylation is 1. The van der Waals surface area contributed by atoms with Crippen LogP contribution in [0.25, 0.3) is 0 Å². The van der Waals surface area contributed by atoms with Gasteiger partial charge in [0, 0.05) is 43.3 Å². The summed E-state index contributed by atoms with van der Waals surface area (Å²) in [6.07, 6.45) is 0. The molecule has 0 aromatic heterocycles. The number of nitrogens with zero attached hydrogens (tertiary/aromatic N) is 2. The maximum Gasteiger partial charge on any atom is 0.161 e.